The number of hydrogen-bond donors (Lipinski definition) is 3. The first-order valence-electron chi connectivity index (χ1n) is 7.09. The first kappa shape index (κ1) is 14.8. The Hall–Kier alpha value is -1.59. The van der Waals surface area contributed by atoms with Gasteiger partial charge in [0, 0.05) is 18.6 Å². The van der Waals surface area contributed by atoms with Gasteiger partial charge in [-0.2, -0.15) is 0 Å². The monoisotopic (exact) mass is 276 g/mol. The topological polar surface area (TPSA) is 70.4 Å². The second-order valence-corrected chi connectivity index (χ2v) is 5.72. The normalized spacial score (nSPS) is 23.4. The minimum Gasteiger partial charge on any atom is -0.349 e. The van der Waals surface area contributed by atoms with Gasteiger partial charge in [-0.15, -0.1) is 0 Å². The van der Waals surface area contributed by atoms with Gasteiger partial charge in [-0.3, -0.25) is 10.6 Å². The third-order valence-corrected chi connectivity index (χ3v) is 4.12. The molecule has 20 heavy (non-hydrogen) atoms. The van der Waals surface area contributed by atoms with Crippen LogP contribution in [0.1, 0.15) is 35.7 Å². The van der Waals surface area contributed by atoms with Gasteiger partial charge >= 0.3 is 0 Å². The Kier molecular flexibility index (Phi) is 4.62. The maximum Gasteiger partial charge on any atom is 0.253 e. The lowest BCUT2D eigenvalue weighted by Crippen LogP contribution is -2.47. The van der Waals surface area contributed by atoms with E-state index in [4.69, 9.17) is 5.84 Å². The second kappa shape index (κ2) is 6.24. The average Bonchev–Trinajstić information content (AvgIpc) is 2.43. The van der Waals surface area contributed by atoms with Crippen molar-refractivity contribution in [2.45, 2.75) is 38.8 Å². The third kappa shape index (κ3) is 3.29. The van der Waals surface area contributed by atoms with E-state index in [0.717, 1.165) is 24.9 Å². The number of nitrogens with one attached hydrogen (secondary N) is 2. The van der Waals surface area contributed by atoms with Crippen LogP contribution in [0.2, 0.25) is 0 Å². The molecular weight excluding hydrogens is 252 g/mol. The molecule has 5 nitrogen and oxygen atoms in total. The summed E-state index contributed by atoms with van der Waals surface area (Å²) in [7, 11) is 2.12. The van der Waals surface area contributed by atoms with E-state index in [-0.39, 0.29) is 11.9 Å². The van der Waals surface area contributed by atoms with Gasteiger partial charge in [0.2, 0.25) is 0 Å². The highest BCUT2D eigenvalue weighted by molar-refractivity contribution is 5.99. The molecule has 5 heteroatoms. The summed E-state index contributed by atoms with van der Waals surface area (Å²) in [4.78, 5) is 14.7. The molecule has 0 aromatic heterocycles. The van der Waals surface area contributed by atoms with Gasteiger partial charge < -0.3 is 15.6 Å². The molecule has 0 spiro atoms. The van der Waals surface area contributed by atoms with Gasteiger partial charge in [0.25, 0.3) is 5.91 Å². The van der Waals surface area contributed by atoms with Gasteiger partial charge in [-0.05, 0) is 45.9 Å². The zero-order valence-electron chi connectivity index (χ0n) is 12.4. The Morgan fingerprint density at radius 3 is 2.85 bits per heavy atom. The summed E-state index contributed by atoms with van der Waals surface area (Å²) in [5.74, 6) is 5.42. The Morgan fingerprint density at radius 2 is 2.20 bits per heavy atom. The number of benzene rings is 1. The van der Waals surface area contributed by atoms with Crippen molar-refractivity contribution in [1.29, 1.82) is 0 Å². The molecule has 1 aromatic rings. The Morgan fingerprint density at radius 1 is 1.45 bits per heavy atom. The molecule has 4 N–H and O–H groups in total. The summed E-state index contributed by atoms with van der Waals surface area (Å²) in [6.07, 6.45) is 1.98. The molecule has 0 bridgehead atoms. The average molecular weight is 276 g/mol. The molecule has 1 aromatic carbocycles. The van der Waals surface area contributed by atoms with Crippen LogP contribution in [-0.2, 0) is 0 Å². The van der Waals surface area contributed by atoms with Crippen molar-refractivity contribution in [2.24, 2.45) is 5.84 Å². The number of hydrazine groups is 1. The second-order valence-electron chi connectivity index (χ2n) is 5.72. The lowest BCUT2D eigenvalue weighted by atomic mass is 9.98. The molecular formula is C15H24N4O. The number of likely N-dealkylation sites (tertiary alicyclic amines) is 1. The molecule has 110 valence electrons. The predicted molar refractivity (Wildman–Crippen MR) is 81.6 cm³/mol. The molecule has 1 heterocycles. The molecule has 2 unspecified atom stereocenters. The number of amides is 1. The van der Waals surface area contributed by atoms with Gasteiger partial charge in [0.05, 0.1) is 11.3 Å². The first-order chi connectivity index (χ1) is 9.51. The van der Waals surface area contributed by atoms with Gasteiger partial charge in [-0.25, -0.2) is 0 Å². The summed E-state index contributed by atoms with van der Waals surface area (Å²) < 4.78 is 0. The maximum atomic E-state index is 12.4. The summed E-state index contributed by atoms with van der Waals surface area (Å²) in [5, 5.41) is 3.13. The molecule has 2 atom stereocenters. The lowest BCUT2D eigenvalue weighted by Gasteiger charge is -2.35. The van der Waals surface area contributed by atoms with Crippen LogP contribution in [-0.4, -0.2) is 36.5 Å². The number of piperidine rings is 1. The van der Waals surface area contributed by atoms with Gasteiger partial charge in [-0.1, -0.05) is 11.6 Å². The molecule has 1 aliphatic rings. The van der Waals surface area contributed by atoms with Crippen LogP contribution >= 0.6 is 0 Å². The number of nitrogens with two attached hydrogens (primary N) is 1. The van der Waals surface area contributed by atoms with E-state index >= 15 is 0 Å². The van der Waals surface area contributed by atoms with E-state index in [1.807, 2.05) is 25.1 Å². The minimum atomic E-state index is -0.0524. The Balaban J connectivity index is 2.07. The molecule has 1 aliphatic heterocycles. The molecule has 0 saturated carbocycles. The fourth-order valence-electron chi connectivity index (χ4n) is 2.66. The fourth-order valence-corrected chi connectivity index (χ4v) is 2.66. The van der Waals surface area contributed by atoms with Crippen molar-refractivity contribution in [3.8, 4) is 0 Å². The van der Waals surface area contributed by atoms with E-state index in [9.17, 15) is 4.79 Å². The zero-order chi connectivity index (χ0) is 14.7. The van der Waals surface area contributed by atoms with Crippen molar-refractivity contribution in [2.75, 3.05) is 19.0 Å². The third-order valence-electron chi connectivity index (χ3n) is 4.12. The Labute approximate surface area is 120 Å². The van der Waals surface area contributed by atoms with E-state index in [0.29, 0.717) is 17.3 Å². The minimum absolute atomic E-state index is 0.0524. The highest BCUT2D eigenvalue weighted by Crippen LogP contribution is 2.19. The van der Waals surface area contributed by atoms with E-state index in [1.54, 1.807) is 0 Å². The van der Waals surface area contributed by atoms with Crippen LogP contribution in [0.5, 0.6) is 0 Å². The molecule has 0 aliphatic carbocycles. The van der Waals surface area contributed by atoms with Crippen molar-refractivity contribution in [3.63, 3.8) is 0 Å². The number of anilines is 1. The standard InChI is InChI=1S/C15H24N4O/c1-10-4-5-14(18-16)13(8-10)15(20)17-12-6-7-19(3)11(2)9-12/h4-5,8,11-12,18H,6-7,9,16H2,1-3H3,(H,17,20). The molecule has 1 fully saturated rings. The number of rotatable bonds is 3. The van der Waals surface area contributed by atoms with Crippen molar-refractivity contribution >= 4 is 11.6 Å². The fraction of sp³-hybridized carbons (Fsp3) is 0.533. The summed E-state index contributed by atoms with van der Waals surface area (Å²) in [5.41, 5.74) is 4.91. The predicted octanol–water partition coefficient (Wildman–Crippen LogP) is 1.49. The van der Waals surface area contributed by atoms with E-state index in [1.165, 1.54) is 0 Å². The van der Waals surface area contributed by atoms with Gasteiger partial charge in [0.15, 0.2) is 0 Å². The van der Waals surface area contributed by atoms with Gasteiger partial charge in [0.1, 0.15) is 0 Å². The van der Waals surface area contributed by atoms with E-state index < -0.39 is 0 Å². The van der Waals surface area contributed by atoms with Crippen LogP contribution in [0.4, 0.5) is 5.69 Å². The summed E-state index contributed by atoms with van der Waals surface area (Å²) >= 11 is 0. The SMILES string of the molecule is Cc1ccc(NN)c(C(=O)NC2CCN(C)C(C)C2)c1. The van der Waals surface area contributed by atoms with Crippen LogP contribution in [0.15, 0.2) is 18.2 Å². The van der Waals surface area contributed by atoms with Crippen LogP contribution in [0, 0.1) is 6.92 Å². The summed E-state index contributed by atoms with van der Waals surface area (Å²) in [6.45, 7) is 5.18. The van der Waals surface area contributed by atoms with E-state index in [2.05, 4.69) is 29.6 Å². The van der Waals surface area contributed by atoms with Crippen LogP contribution < -0.4 is 16.6 Å². The first-order valence-corrected chi connectivity index (χ1v) is 7.09. The number of nitrogen functional groups attached to an aromatic ring is 1. The smallest absolute Gasteiger partial charge is 0.253 e. The van der Waals surface area contributed by atoms with Crippen molar-refractivity contribution in [1.82, 2.24) is 10.2 Å². The van der Waals surface area contributed by atoms with Crippen molar-refractivity contribution in [3.05, 3.63) is 29.3 Å². The van der Waals surface area contributed by atoms with Crippen LogP contribution in [0.25, 0.3) is 0 Å². The number of carbonyl (C=O) groups is 1. The lowest BCUT2D eigenvalue weighted by molar-refractivity contribution is 0.0897. The molecule has 2 rings (SSSR count). The zero-order valence-corrected chi connectivity index (χ0v) is 12.4. The summed E-state index contributed by atoms with van der Waals surface area (Å²) in [6, 6.07) is 6.37. The Bertz CT molecular complexity index is 489. The highest BCUT2D eigenvalue weighted by atomic mass is 16.1. The van der Waals surface area contributed by atoms with Crippen molar-refractivity contribution < 1.29 is 4.79 Å². The molecule has 0 radical (unpaired) electrons. The number of hydrogen-bond acceptors (Lipinski definition) is 4. The molecule has 1 saturated heterocycles. The van der Waals surface area contributed by atoms with Crippen LogP contribution in [0.3, 0.4) is 0 Å². The maximum absolute atomic E-state index is 12.4. The number of aryl methyl sites for hydroxylation is 1. The molecule has 1 amide bonds. The largest absolute Gasteiger partial charge is 0.349 e. The quantitative estimate of drug-likeness (QED) is 0.578. The number of nitrogens with zero attached hydrogens (tertiary/aromatic N) is 1. The highest BCUT2D eigenvalue weighted by Gasteiger charge is 2.24. The number of carbonyl (C=O) groups excluding carboxylic acids is 1.